The van der Waals surface area contributed by atoms with Crippen LogP contribution in [0, 0.1) is 17.5 Å². The zero-order chi connectivity index (χ0) is 13.3. The lowest BCUT2D eigenvalue weighted by molar-refractivity contribution is 0.213. The maximum Gasteiger partial charge on any atom is 0.161 e. The number of halogens is 4. The molecule has 0 fully saturated rings. The van der Waals surface area contributed by atoms with Gasteiger partial charge >= 0.3 is 0 Å². The van der Waals surface area contributed by atoms with Gasteiger partial charge in [0, 0.05) is 16.1 Å². The Morgan fingerprint density at radius 3 is 2.17 bits per heavy atom. The smallest absolute Gasteiger partial charge is 0.161 e. The van der Waals surface area contributed by atoms with Crippen molar-refractivity contribution in [3.8, 4) is 0 Å². The molecule has 2 aromatic rings. The summed E-state index contributed by atoms with van der Waals surface area (Å²) in [6.45, 7) is 0. The first kappa shape index (κ1) is 13.1. The molecule has 1 N–H and O–H groups in total. The summed E-state index contributed by atoms with van der Waals surface area (Å²) in [6.07, 6.45) is -1.37. The second kappa shape index (κ2) is 5.12. The van der Waals surface area contributed by atoms with Crippen molar-refractivity contribution < 1.29 is 18.3 Å². The summed E-state index contributed by atoms with van der Waals surface area (Å²) in [5.41, 5.74) is 0.0724. The highest BCUT2D eigenvalue weighted by molar-refractivity contribution is 9.10. The van der Waals surface area contributed by atoms with Crippen molar-refractivity contribution in [3.63, 3.8) is 0 Å². The van der Waals surface area contributed by atoms with Crippen LogP contribution in [0.1, 0.15) is 17.2 Å². The summed E-state index contributed by atoms with van der Waals surface area (Å²) in [4.78, 5) is 0. The molecule has 1 unspecified atom stereocenters. The van der Waals surface area contributed by atoms with Crippen LogP contribution in [-0.4, -0.2) is 5.11 Å². The lowest BCUT2D eigenvalue weighted by Gasteiger charge is -2.14. The molecule has 0 saturated carbocycles. The quantitative estimate of drug-likeness (QED) is 0.832. The van der Waals surface area contributed by atoms with E-state index in [2.05, 4.69) is 15.9 Å². The molecule has 0 amide bonds. The van der Waals surface area contributed by atoms with Crippen molar-refractivity contribution in [2.24, 2.45) is 0 Å². The molecule has 5 heteroatoms. The molecule has 0 aliphatic heterocycles. The fourth-order valence-electron chi connectivity index (χ4n) is 1.61. The van der Waals surface area contributed by atoms with E-state index < -0.39 is 23.6 Å². The number of aliphatic hydroxyl groups excluding tert-OH is 1. The lowest BCUT2D eigenvalue weighted by Crippen LogP contribution is -2.05. The molecule has 2 aromatic carbocycles. The van der Waals surface area contributed by atoms with Crippen LogP contribution in [0.15, 0.2) is 40.9 Å². The third-order valence-corrected chi connectivity index (χ3v) is 3.26. The molecule has 1 atom stereocenters. The van der Waals surface area contributed by atoms with E-state index >= 15 is 0 Å². The fourth-order valence-corrected chi connectivity index (χ4v) is 2.11. The van der Waals surface area contributed by atoms with Crippen LogP contribution in [0.4, 0.5) is 13.2 Å². The van der Waals surface area contributed by atoms with Gasteiger partial charge in [0.15, 0.2) is 11.6 Å². The number of rotatable bonds is 2. The molecule has 0 aromatic heterocycles. The summed E-state index contributed by atoms with van der Waals surface area (Å²) in [5, 5.41) is 10.0. The molecule has 18 heavy (non-hydrogen) atoms. The Hall–Kier alpha value is -1.33. The van der Waals surface area contributed by atoms with Crippen LogP contribution in [-0.2, 0) is 0 Å². The van der Waals surface area contributed by atoms with Crippen molar-refractivity contribution in [1.29, 1.82) is 0 Å². The average molecular weight is 317 g/mol. The van der Waals surface area contributed by atoms with Crippen molar-refractivity contribution in [2.45, 2.75) is 6.10 Å². The van der Waals surface area contributed by atoms with Gasteiger partial charge in [-0.2, -0.15) is 0 Å². The first-order chi connectivity index (χ1) is 8.50. The van der Waals surface area contributed by atoms with Crippen LogP contribution < -0.4 is 0 Å². The second-order valence-corrected chi connectivity index (χ2v) is 4.57. The van der Waals surface area contributed by atoms with E-state index in [1.54, 1.807) is 24.3 Å². The van der Waals surface area contributed by atoms with Crippen LogP contribution >= 0.6 is 15.9 Å². The van der Waals surface area contributed by atoms with Gasteiger partial charge in [0.2, 0.25) is 0 Å². The summed E-state index contributed by atoms with van der Waals surface area (Å²) in [5.74, 6) is -3.47. The van der Waals surface area contributed by atoms with E-state index in [9.17, 15) is 18.3 Å². The molecule has 94 valence electrons. The number of hydrogen-bond acceptors (Lipinski definition) is 1. The van der Waals surface area contributed by atoms with E-state index in [1.165, 1.54) is 0 Å². The number of hydrogen-bond donors (Lipinski definition) is 1. The molecular weight excluding hydrogens is 309 g/mol. The van der Waals surface area contributed by atoms with Crippen molar-refractivity contribution in [1.82, 2.24) is 0 Å². The molecule has 0 spiro atoms. The van der Waals surface area contributed by atoms with Gasteiger partial charge in [-0.05, 0) is 17.7 Å². The molecule has 1 nitrogen and oxygen atoms in total. The van der Waals surface area contributed by atoms with Gasteiger partial charge in [0.25, 0.3) is 0 Å². The van der Waals surface area contributed by atoms with Gasteiger partial charge < -0.3 is 5.11 Å². The van der Waals surface area contributed by atoms with Crippen LogP contribution in [0.3, 0.4) is 0 Å². The highest BCUT2D eigenvalue weighted by atomic mass is 79.9. The minimum atomic E-state index is -1.37. The molecule has 0 bridgehead atoms. The van der Waals surface area contributed by atoms with Crippen LogP contribution in [0.2, 0.25) is 0 Å². The third kappa shape index (κ3) is 2.42. The Morgan fingerprint density at radius 2 is 1.50 bits per heavy atom. The van der Waals surface area contributed by atoms with Gasteiger partial charge in [-0.3, -0.25) is 0 Å². The molecule has 0 radical (unpaired) electrons. The summed E-state index contributed by atoms with van der Waals surface area (Å²) in [7, 11) is 0. The average Bonchev–Trinajstić information content (AvgIpc) is 2.33. The molecule has 0 heterocycles. The van der Waals surface area contributed by atoms with E-state index in [-0.39, 0.29) is 5.56 Å². The summed E-state index contributed by atoms with van der Waals surface area (Å²) >= 11 is 3.20. The van der Waals surface area contributed by atoms with Gasteiger partial charge in [-0.1, -0.05) is 34.1 Å². The van der Waals surface area contributed by atoms with Gasteiger partial charge in [0.05, 0.1) is 0 Å². The van der Waals surface area contributed by atoms with E-state index in [0.717, 1.165) is 0 Å². The van der Waals surface area contributed by atoms with Gasteiger partial charge in [-0.15, -0.1) is 0 Å². The van der Waals surface area contributed by atoms with Gasteiger partial charge in [0.1, 0.15) is 11.9 Å². The Balaban J connectivity index is 2.50. The topological polar surface area (TPSA) is 20.2 Å². The monoisotopic (exact) mass is 316 g/mol. The summed E-state index contributed by atoms with van der Waals surface area (Å²) < 4.78 is 39.9. The molecular formula is C13H8BrF3O. The SMILES string of the molecule is OC(c1cc(F)c(F)cc1F)c1ccccc1Br. The van der Waals surface area contributed by atoms with Crippen molar-refractivity contribution in [3.05, 3.63) is 69.4 Å². The maximum atomic E-state index is 13.5. The Labute approximate surface area is 110 Å². The Kier molecular flexibility index (Phi) is 3.73. The minimum absolute atomic E-state index is 0.305. The highest BCUT2D eigenvalue weighted by Crippen LogP contribution is 2.30. The largest absolute Gasteiger partial charge is 0.384 e. The molecule has 0 aliphatic carbocycles. The van der Waals surface area contributed by atoms with E-state index in [4.69, 9.17) is 0 Å². The zero-order valence-electron chi connectivity index (χ0n) is 9.00. The third-order valence-electron chi connectivity index (χ3n) is 2.53. The first-order valence-corrected chi connectivity index (χ1v) is 5.87. The first-order valence-electron chi connectivity index (χ1n) is 5.07. The predicted octanol–water partition coefficient (Wildman–Crippen LogP) is 3.95. The van der Waals surface area contributed by atoms with Crippen molar-refractivity contribution >= 4 is 15.9 Å². The Morgan fingerprint density at radius 1 is 0.889 bits per heavy atom. The molecule has 2 rings (SSSR count). The van der Waals surface area contributed by atoms with E-state index in [0.29, 0.717) is 22.2 Å². The summed E-state index contributed by atoms with van der Waals surface area (Å²) in [6, 6.07) is 7.69. The normalized spacial score (nSPS) is 12.5. The van der Waals surface area contributed by atoms with Crippen molar-refractivity contribution in [2.75, 3.05) is 0 Å². The fraction of sp³-hybridized carbons (Fsp3) is 0.0769. The lowest BCUT2D eigenvalue weighted by atomic mass is 10.0. The molecule has 0 saturated heterocycles. The van der Waals surface area contributed by atoms with Crippen LogP contribution in [0.5, 0.6) is 0 Å². The van der Waals surface area contributed by atoms with E-state index in [1.807, 2.05) is 0 Å². The molecule has 0 aliphatic rings. The highest BCUT2D eigenvalue weighted by Gasteiger charge is 2.19. The maximum absolute atomic E-state index is 13.5. The predicted molar refractivity (Wildman–Crippen MR) is 64.5 cm³/mol. The number of benzene rings is 2. The second-order valence-electron chi connectivity index (χ2n) is 3.71. The van der Waals surface area contributed by atoms with Crippen LogP contribution in [0.25, 0.3) is 0 Å². The van der Waals surface area contributed by atoms with Gasteiger partial charge in [-0.25, -0.2) is 13.2 Å². The Bertz CT molecular complexity index is 586. The zero-order valence-corrected chi connectivity index (χ0v) is 10.6. The minimum Gasteiger partial charge on any atom is -0.384 e. The number of aliphatic hydroxyl groups is 1. The standard InChI is InChI=1S/C13H8BrF3O/c14-9-4-2-1-3-7(9)13(18)8-5-11(16)12(17)6-10(8)15/h1-6,13,18H.